The Morgan fingerprint density at radius 2 is 1.68 bits per heavy atom. The molecule has 1 aromatic carbocycles. The highest BCUT2D eigenvalue weighted by Crippen LogP contribution is 2.29. The summed E-state index contributed by atoms with van der Waals surface area (Å²) in [7, 11) is 0. The van der Waals surface area contributed by atoms with Gasteiger partial charge in [-0.15, -0.1) is 0 Å². The molecule has 174 valence electrons. The number of ether oxygens (including phenoxy) is 4. The first-order chi connectivity index (χ1) is 14.8. The van der Waals surface area contributed by atoms with Crippen LogP contribution in [0.15, 0.2) is 24.3 Å². The van der Waals surface area contributed by atoms with Crippen molar-refractivity contribution in [1.29, 1.82) is 0 Å². The van der Waals surface area contributed by atoms with Gasteiger partial charge in [0.05, 0.1) is 19.3 Å². The molecule has 1 aromatic rings. The van der Waals surface area contributed by atoms with Gasteiger partial charge >= 0.3 is 0 Å². The normalized spacial score (nSPS) is 36.1. The molecule has 2 saturated heterocycles. The molecule has 2 heterocycles. The number of nitrogens with one attached hydrogen (secondary N) is 1. The van der Waals surface area contributed by atoms with Crippen LogP contribution in [-0.2, 0) is 19.0 Å². The van der Waals surface area contributed by atoms with E-state index >= 15 is 0 Å². The van der Waals surface area contributed by atoms with Crippen LogP contribution in [0.3, 0.4) is 0 Å². The molecule has 6 N–H and O–H groups in total. The standard InChI is InChI=1S/C20H29NO10/c1-10(24)21-11-2-4-12(5-3-11)28-16-7-6-13(14(8-22)29-16)30-20-19(27)18(26)17(25)15(9-23)31-20/h2-5,13-20,22-23,25-27H,6-9H2,1H3,(H,21,24)/t13-,14+,15+,16-,17+,18+,19-,20-/m0/s1. The molecule has 8 atom stereocenters. The molecule has 2 aliphatic heterocycles. The summed E-state index contributed by atoms with van der Waals surface area (Å²) in [6.07, 6.45) is -8.27. The zero-order valence-corrected chi connectivity index (χ0v) is 17.0. The number of rotatable bonds is 7. The van der Waals surface area contributed by atoms with Gasteiger partial charge in [-0.3, -0.25) is 4.79 Å². The van der Waals surface area contributed by atoms with Crippen LogP contribution in [0.25, 0.3) is 0 Å². The third kappa shape index (κ3) is 5.90. The highest BCUT2D eigenvalue weighted by atomic mass is 16.7. The number of aliphatic hydroxyl groups excluding tert-OH is 5. The van der Waals surface area contributed by atoms with E-state index in [1.807, 2.05) is 0 Å². The first-order valence-electron chi connectivity index (χ1n) is 10.1. The van der Waals surface area contributed by atoms with Gasteiger partial charge in [0.15, 0.2) is 12.6 Å². The van der Waals surface area contributed by atoms with Crippen molar-refractivity contribution in [2.24, 2.45) is 0 Å². The molecule has 3 rings (SSSR count). The fraction of sp³-hybridized carbons (Fsp3) is 0.650. The molecular weight excluding hydrogens is 414 g/mol. The van der Waals surface area contributed by atoms with Gasteiger partial charge in [-0.1, -0.05) is 0 Å². The molecule has 0 unspecified atom stereocenters. The van der Waals surface area contributed by atoms with Crippen molar-refractivity contribution in [2.75, 3.05) is 18.5 Å². The van der Waals surface area contributed by atoms with E-state index in [0.717, 1.165) is 0 Å². The second-order valence-corrected chi connectivity index (χ2v) is 7.56. The van der Waals surface area contributed by atoms with E-state index < -0.39 is 55.8 Å². The molecule has 11 nitrogen and oxygen atoms in total. The van der Waals surface area contributed by atoms with E-state index in [9.17, 15) is 30.3 Å². The lowest BCUT2D eigenvalue weighted by Crippen LogP contribution is -2.60. The van der Waals surface area contributed by atoms with Crippen LogP contribution in [0.1, 0.15) is 19.8 Å². The van der Waals surface area contributed by atoms with Crippen molar-refractivity contribution < 1.29 is 49.3 Å². The smallest absolute Gasteiger partial charge is 0.221 e. The van der Waals surface area contributed by atoms with Crippen LogP contribution in [0.5, 0.6) is 5.75 Å². The molecule has 2 aliphatic rings. The molecule has 0 aromatic heterocycles. The van der Waals surface area contributed by atoms with Crippen molar-refractivity contribution in [2.45, 2.75) is 69.0 Å². The van der Waals surface area contributed by atoms with E-state index in [4.69, 9.17) is 18.9 Å². The van der Waals surface area contributed by atoms with Crippen molar-refractivity contribution in [3.63, 3.8) is 0 Å². The van der Waals surface area contributed by atoms with Gasteiger partial charge < -0.3 is 49.8 Å². The first kappa shape index (κ1) is 23.8. The Hall–Kier alpha value is -1.83. The predicted octanol–water partition coefficient (Wildman–Crippen LogP) is -1.29. The van der Waals surface area contributed by atoms with E-state index in [1.165, 1.54) is 6.92 Å². The summed E-state index contributed by atoms with van der Waals surface area (Å²) in [4.78, 5) is 11.1. The van der Waals surface area contributed by atoms with Crippen LogP contribution >= 0.6 is 0 Å². The Morgan fingerprint density at radius 3 is 2.29 bits per heavy atom. The lowest BCUT2D eigenvalue weighted by molar-refractivity contribution is -0.329. The summed E-state index contributed by atoms with van der Waals surface area (Å²) < 4.78 is 22.6. The van der Waals surface area contributed by atoms with E-state index in [2.05, 4.69) is 5.32 Å². The first-order valence-corrected chi connectivity index (χ1v) is 10.1. The SMILES string of the molecule is CC(=O)Nc1ccc(O[C@@H]2CC[C@H](O[C@H]3O[C@H](CO)[C@@H](O)[C@@H](O)[C@@H]3O)[C@@H](CO)O2)cc1. The third-order valence-corrected chi connectivity index (χ3v) is 5.21. The number of anilines is 1. The average molecular weight is 443 g/mol. The Bertz CT molecular complexity index is 714. The van der Waals surface area contributed by atoms with Crippen LogP contribution in [0, 0.1) is 0 Å². The summed E-state index contributed by atoms with van der Waals surface area (Å²) in [6.45, 7) is 0.466. The number of hydrogen-bond acceptors (Lipinski definition) is 10. The minimum Gasteiger partial charge on any atom is -0.465 e. The van der Waals surface area contributed by atoms with E-state index in [0.29, 0.717) is 24.3 Å². The average Bonchev–Trinajstić information content (AvgIpc) is 2.76. The van der Waals surface area contributed by atoms with Crippen LogP contribution in [0.4, 0.5) is 5.69 Å². The molecule has 0 bridgehead atoms. The van der Waals surface area contributed by atoms with E-state index in [1.54, 1.807) is 24.3 Å². The summed E-state index contributed by atoms with van der Waals surface area (Å²) in [6, 6.07) is 6.74. The largest absolute Gasteiger partial charge is 0.465 e. The van der Waals surface area contributed by atoms with E-state index in [-0.39, 0.29) is 12.5 Å². The molecular formula is C20H29NO10. The van der Waals surface area contributed by atoms with Crippen molar-refractivity contribution in [3.05, 3.63) is 24.3 Å². The zero-order chi connectivity index (χ0) is 22.5. The van der Waals surface area contributed by atoms with Gasteiger partial charge in [0.25, 0.3) is 0 Å². The Kier molecular flexibility index (Phi) is 8.19. The van der Waals surface area contributed by atoms with Gasteiger partial charge in [0, 0.05) is 19.0 Å². The second kappa shape index (κ2) is 10.7. The van der Waals surface area contributed by atoms with Gasteiger partial charge in [-0.2, -0.15) is 0 Å². The van der Waals surface area contributed by atoms with Crippen LogP contribution < -0.4 is 10.1 Å². The fourth-order valence-electron chi connectivity index (χ4n) is 3.56. The summed E-state index contributed by atoms with van der Waals surface area (Å²) in [5.41, 5.74) is 0.630. The maximum absolute atomic E-state index is 11.1. The number of benzene rings is 1. The lowest BCUT2D eigenvalue weighted by atomic mass is 9.99. The Balaban J connectivity index is 1.56. The minimum absolute atomic E-state index is 0.180. The maximum Gasteiger partial charge on any atom is 0.221 e. The monoisotopic (exact) mass is 443 g/mol. The number of carbonyl (C=O) groups is 1. The summed E-state index contributed by atoms with van der Waals surface area (Å²) in [5.74, 6) is 0.338. The number of amides is 1. The van der Waals surface area contributed by atoms with Crippen LogP contribution in [0.2, 0.25) is 0 Å². The molecule has 31 heavy (non-hydrogen) atoms. The molecule has 11 heteroatoms. The minimum atomic E-state index is -1.55. The Labute approximate surface area is 179 Å². The van der Waals surface area contributed by atoms with Crippen LogP contribution in [-0.4, -0.2) is 93.9 Å². The molecule has 2 fully saturated rings. The number of hydrogen-bond donors (Lipinski definition) is 6. The van der Waals surface area contributed by atoms with Gasteiger partial charge in [0.1, 0.15) is 36.3 Å². The number of aliphatic hydroxyl groups is 5. The molecule has 1 amide bonds. The lowest BCUT2D eigenvalue weighted by Gasteiger charge is -2.43. The van der Waals surface area contributed by atoms with Crippen molar-refractivity contribution in [3.8, 4) is 5.75 Å². The summed E-state index contributed by atoms with van der Waals surface area (Å²) in [5, 5.41) is 51.6. The highest BCUT2D eigenvalue weighted by Gasteiger charge is 2.46. The molecule has 0 aliphatic carbocycles. The Morgan fingerprint density at radius 1 is 1.00 bits per heavy atom. The fourth-order valence-corrected chi connectivity index (χ4v) is 3.56. The second-order valence-electron chi connectivity index (χ2n) is 7.56. The predicted molar refractivity (Wildman–Crippen MR) is 105 cm³/mol. The van der Waals surface area contributed by atoms with Gasteiger partial charge in [0.2, 0.25) is 5.91 Å². The quantitative estimate of drug-likeness (QED) is 0.298. The van der Waals surface area contributed by atoms with Crippen molar-refractivity contribution >= 4 is 11.6 Å². The molecule has 0 radical (unpaired) electrons. The van der Waals surface area contributed by atoms with Crippen molar-refractivity contribution in [1.82, 2.24) is 0 Å². The highest BCUT2D eigenvalue weighted by molar-refractivity contribution is 5.88. The number of carbonyl (C=O) groups excluding carboxylic acids is 1. The topological polar surface area (TPSA) is 167 Å². The maximum atomic E-state index is 11.1. The third-order valence-electron chi connectivity index (χ3n) is 5.21. The van der Waals surface area contributed by atoms with Gasteiger partial charge in [-0.25, -0.2) is 0 Å². The molecule has 0 saturated carbocycles. The van der Waals surface area contributed by atoms with Gasteiger partial charge in [-0.05, 0) is 30.7 Å². The molecule has 0 spiro atoms. The summed E-state index contributed by atoms with van der Waals surface area (Å²) >= 11 is 0. The zero-order valence-electron chi connectivity index (χ0n) is 17.0.